The summed E-state index contributed by atoms with van der Waals surface area (Å²) < 4.78 is 24.8. The minimum Gasteiger partial charge on any atom is -0.381 e. The van der Waals surface area contributed by atoms with Gasteiger partial charge in [0.2, 0.25) is 0 Å². The van der Waals surface area contributed by atoms with Crippen LogP contribution in [-0.2, 0) is 14.3 Å². The third kappa shape index (κ3) is 3.50. The first kappa shape index (κ1) is 17.9. The van der Waals surface area contributed by atoms with E-state index >= 15 is 0 Å². The minimum absolute atomic E-state index is 0.0137. The van der Waals surface area contributed by atoms with Gasteiger partial charge in [-0.05, 0) is 56.4 Å². The number of halogens is 1. The van der Waals surface area contributed by atoms with Crippen LogP contribution in [0.4, 0.5) is 10.1 Å². The number of piperidine rings is 1. The topological polar surface area (TPSA) is 42.0 Å². The minimum atomic E-state index is -0.397. The van der Waals surface area contributed by atoms with E-state index in [9.17, 15) is 9.18 Å². The van der Waals surface area contributed by atoms with E-state index in [1.54, 1.807) is 12.1 Å². The van der Waals surface area contributed by atoms with E-state index in [0.717, 1.165) is 57.8 Å². The molecule has 3 aliphatic rings. The van der Waals surface area contributed by atoms with Gasteiger partial charge < -0.3 is 19.3 Å². The van der Waals surface area contributed by atoms with Crippen molar-refractivity contribution < 1.29 is 18.7 Å². The summed E-state index contributed by atoms with van der Waals surface area (Å²) in [5.41, 5.74) is 0.361. The van der Waals surface area contributed by atoms with E-state index in [2.05, 4.69) is 11.8 Å². The molecule has 0 unspecified atom stereocenters. The van der Waals surface area contributed by atoms with Crippen molar-refractivity contribution in [3.63, 3.8) is 0 Å². The molecule has 6 heteroatoms. The van der Waals surface area contributed by atoms with E-state index < -0.39 is 5.60 Å². The summed E-state index contributed by atoms with van der Waals surface area (Å²) in [6.07, 6.45) is 3.11. The summed E-state index contributed by atoms with van der Waals surface area (Å²) in [5.74, 6) is 0.350. The van der Waals surface area contributed by atoms with E-state index in [1.165, 1.54) is 12.1 Å². The molecule has 142 valence electrons. The Kier molecular flexibility index (Phi) is 4.99. The number of amides is 1. The lowest BCUT2D eigenvalue weighted by Crippen LogP contribution is -2.68. The first-order chi connectivity index (χ1) is 12.5. The standard InChI is InChI=1S/C20H27FN2O3/c1-20-14-22(12-15-7-10-25-11-8-15)9-6-18(20)23(19(24)13-26-20)17-4-2-16(21)3-5-17/h2-5,15,18H,6-14H2,1H3/t18-,20-/m1/s1. The molecule has 3 fully saturated rings. The van der Waals surface area contributed by atoms with Crippen LogP contribution in [0.5, 0.6) is 0 Å². The van der Waals surface area contributed by atoms with Gasteiger partial charge in [-0.1, -0.05) is 0 Å². The van der Waals surface area contributed by atoms with Crippen LogP contribution >= 0.6 is 0 Å². The molecule has 3 aliphatic heterocycles. The monoisotopic (exact) mass is 362 g/mol. The second-order valence-corrected chi connectivity index (χ2v) is 7.94. The lowest BCUT2D eigenvalue weighted by Gasteiger charge is -2.53. The summed E-state index contributed by atoms with van der Waals surface area (Å²) in [5, 5.41) is 0. The van der Waals surface area contributed by atoms with Crippen LogP contribution in [-0.4, -0.2) is 61.9 Å². The number of hydrogen-bond acceptors (Lipinski definition) is 4. The van der Waals surface area contributed by atoms with Crippen LogP contribution in [0.3, 0.4) is 0 Å². The molecule has 0 radical (unpaired) electrons. The largest absolute Gasteiger partial charge is 0.381 e. The lowest BCUT2D eigenvalue weighted by molar-refractivity contribution is -0.152. The molecule has 5 nitrogen and oxygen atoms in total. The molecule has 3 saturated heterocycles. The zero-order valence-corrected chi connectivity index (χ0v) is 15.3. The smallest absolute Gasteiger partial charge is 0.253 e. The van der Waals surface area contributed by atoms with Crippen LogP contribution in [0.15, 0.2) is 24.3 Å². The molecule has 0 aromatic heterocycles. The third-order valence-electron chi connectivity index (χ3n) is 6.03. The second kappa shape index (κ2) is 7.25. The van der Waals surface area contributed by atoms with E-state index in [4.69, 9.17) is 9.47 Å². The second-order valence-electron chi connectivity index (χ2n) is 7.94. The number of morpholine rings is 1. The molecular weight excluding hydrogens is 335 g/mol. The Hall–Kier alpha value is -1.50. The normalized spacial score (nSPS) is 31.1. The number of rotatable bonds is 3. The van der Waals surface area contributed by atoms with Crippen LogP contribution < -0.4 is 4.90 Å². The zero-order chi connectivity index (χ0) is 18.1. The van der Waals surface area contributed by atoms with Gasteiger partial charge in [-0.15, -0.1) is 0 Å². The predicted octanol–water partition coefficient (Wildman–Crippen LogP) is 2.45. The van der Waals surface area contributed by atoms with Crippen molar-refractivity contribution in [1.82, 2.24) is 4.90 Å². The highest BCUT2D eigenvalue weighted by Gasteiger charge is 2.49. The molecule has 26 heavy (non-hydrogen) atoms. The average molecular weight is 362 g/mol. The van der Waals surface area contributed by atoms with Crippen molar-refractivity contribution in [2.75, 3.05) is 44.4 Å². The van der Waals surface area contributed by atoms with Gasteiger partial charge in [0, 0.05) is 38.5 Å². The number of benzene rings is 1. The number of carbonyl (C=O) groups excluding carboxylic acids is 1. The van der Waals surface area contributed by atoms with Gasteiger partial charge in [0.15, 0.2) is 0 Å². The van der Waals surface area contributed by atoms with Gasteiger partial charge in [-0.25, -0.2) is 4.39 Å². The van der Waals surface area contributed by atoms with E-state index in [0.29, 0.717) is 5.92 Å². The van der Waals surface area contributed by atoms with Gasteiger partial charge in [0.1, 0.15) is 12.4 Å². The van der Waals surface area contributed by atoms with Crippen LogP contribution in [0, 0.1) is 11.7 Å². The maximum Gasteiger partial charge on any atom is 0.253 e. The van der Waals surface area contributed by atoms with Crippen molar-refractivity contribution in [2.24, 2.45) is 5.92 Å². The van der Waals surface area contributed by atoms with Gasteiger partial charge >= 0.3 is 0 Å². The highest BCUT2D eigenvalue weighted by atomic mass is 19.1. The van der Waals surface area contributed by atoms with Gasteiger partial charge in [-0.2, -0.15) is 0 Å². The first-order valence-corrected chi connectivity index (χ1v) is 9.57. The number of anilines is 1. The molecule has 3 heterocycles. The Morgan fingerprint density at radius 1 is 1.19 bits per heavy atom. The lowest BCUT2D eigenvalue weighted by atomic mass is 9.84. The van der Waals surface area contributed by atoms with Crippen molar-refractivity contribution in [3.8, 4) is 0 Å². The Balaban J connectivity index is 1.49. The van der Waals surface area contributed by atoms with Crippen LogP contribution in [0.25, 0.3) is 0 Å². The molecule has 0 N–H and O–H groups in total. The molecule has 4 rings (SSSR count). The molecule has 1 aromatic carbocycles. The molecule has 1 aromatic rings. The fourth-order valence-corrected chi connectivity index (χ4v) is 4.63. The summed E-state index contributed by atoms with van der Waals surface area (Å²) in [6.45, 7) is 6.75. The molecule has 0 aliphatic carbocycles. The van der Waals surface area contributed by atoms with Gasteiger partial charge in [-0.3, -0.25) is 4.79 Å². The van der Waals surface area contributed by atoms with Crippen LogP contribution in [0.1, 0.15) is 26.2 Å². The van der Waals surface area contributed by atoms with Crippen molar-refractivity contribution >= 4 is 11.6 Å². The van der Waals surface area contributed by atoms with Crippen LogP contribution in [0.2, 0.25) is 0 Å². The third-order valence-corrected chi connectivity index (χ3v) is 6.03. The van der Waals surface area contributed by atoms with Gasteiger partial charge in [0.25, 0.3) is 5.91 Å². The zero-order valence-electron chi connectivity index (χ0n) is 15.3. The SMILES string of the molecule is C[C@@]12CN(CC3CCOCC3)CC[C@H]1N(c1ccc(F)cc1)C(=O)CO2. The Labute approximate surface area is 154 Å². The number of ether oxygens (including phenoxy) is 2. The highest BCUT2D eigenvalue weighted by molar-refractivity contribution is 5.96. The molecule has 0 spiro atoms. The van der Waals surface area contributed by atoms with E-state index in [-0.39, 0.29) is 24.4 Å². The molecular formula is C20H27FN2O3. The first-order valence-electron chi connectivity index (χ1n) is 9.57. The number of likely N-dealkylation sites (tertiary alicyclic amines) is 1. The quantitative estimate of drug-likeness (QED) is 0.828. The molecule has 1 amide bonds. The molecule has 0 saturated carbocycles. The Bertz CT molecular complexity index is 647. The summed E-state index contributed by atoms with van der Waals surface area (Å²) in [4.78, 5) is 16.9. The fourth-order valence-electron chi connectivity index (χ4n) is 4.63. The summed E-state index contributed by atoms with van der Waals surface area (Å²) >= 11 is 0. The van der Waals surface area contributed by atoms with Gasteiger partial charge in [0.05, 0.1) is 11.6 Å². The highest BCUT2D eigenvalue weighted by Crippen LogP contribution is 2.36. The number of hydrogen-bond donors (Lipinski definition) is 0. The van der Waals surface area contributed by atoms with E-state index in [1.807, 2.05) is 4.90 Å². The van der Waals surface area contributed by atoms with Crippen molar-refractivity contribution in [1.29, 1.82) is 0 Å². The summed E-state index contributed by atoms with van der Waals surface area (Å²) in [6, 6.07) is 6.19. The number of carbonyl (C=O) groups is 1. The predicted molar refractivity (Wildman–Crippen MR) is 96.6 cm³/mol. The molecule has 2 atom stereocenters. The maximum absolute atomic E-state index is 13.3. The fraction of sp³-hybridized carbons (Fsp3) is 0.650. The number of nitrogens with zero attached hydrogens (tertiary/aromatic N) is 2. The van der Waals surface area contributed by atoms with Crippen molar-refractivity contribution in [2.45, 2.75) is 37.8 Å². The summed E-state index contributed by atoms with van der Waals surface area (Å²) in [7, 11) is 0. The maximum atomic E-state index is 13.3. The Morgan fingerprint density at radius 2 is 1.92 bits per heavy atom. The number of fused-ring (bicyclic) bond motifs is 1. The molecule has 0 bridgehead atoms. The Morgan fingerprint density at radius 3 is 2.65 bits per heavy atom. The van der Waals surface area contributed by atoms with Crippen molar-refractivity contribution in [3.05, 3.63) is 30.1 Å². The average Bonchev–Trinajstić information content (AvgIpc) is 2.64.